The molecule has 14 heavy (non-hydrogen) atoms. The Labute approximate surface area is 86.8 Å². The van der Waals surface area contributed by atoms with Crippen molar-refractivity contribution >= 4 is 16.3 Å². The summed E-state index contributed by atoms with van der Waals surface area (Å²) in [5, 5.41) is 4.21. The van der Waals surface area contributed by atoms with Gasteiger partial charge in [-0.15, -0.1) is 0 Å². The predicted molar refractivity (Wildman–Crippen MR) is 56.7 cm³/mol. The highest BCUT2D eigenvalue weighted by Crippen LogP contribution is 2.32. The highest BCUT2D eigenvalue weighted by atomic mass is 32.1. The van der Waals surface area contributed by atoms with Gasteiger partial charge in [0, 0.05) is 5.92 Å². The standard InChI is InChI=1S/C10H13N3S/c1-2-4-8(5-3-1)9-6-13-10(12-9)14-7-11-13/h6-8H,1-5H2. The lowest BCUT2D eigenvalue weighted by Gasteiger charge is -2.18. The molecular formula is C10H13N3S. The lowest BCUT2D eigenvalue weighted by atomic mass is 9.87. The van der Waals surface area contributed by atoms with Crippen LogP contribution in [0.3, 0.4) is 0 Å². The number of hydrogen-bond donors (Lipinski definition) is 0. The first-order valence-corrected chi connectivity index (χ1v) is 6.10. The van der Waals surface area contributed by atoms with E-state index in [0.29, 0.717) is 5.92 Å². The average Bonchev–Trinajstić information content (AvgIpc) is 2.78. The Balaban J connectivity index is 1.92. The first-order chi connectivity index (χ1) is 6.93. The molecule has 0 N–H and O–H groups in total. The van der Waals surface area contributed by atoms with Gasteiger partial charge in [-0.2, -0.15) is 5.10 Å². The summed E-state index contributed by atoms with van der Waals surface area (Å²) in [5.74, 6) is 0.692. The first-order valence-electron chi connectivity index (χ1n) is 5.22. The van der Waals surface area contributed by atoms with Crippen LogP contribution in [0.4, 0.5) is 0 Å². The Morgan fingerprint density at radius 1 is 1.29 bits per heavy atom. The normalized spacial score (nSPS) is 19.1. The monoisotopic (exact) mass is 207 g/mol. The largest absolute Gasteiger partial charge is 0.222 e. The fourth-order valence-electron chi connectivity index (χ4n) is 2.25. The van der Waals surface area contributed by atoms with E-state index in [4.69, 9.17) is 0 Å². The molecule has 0 amide bonds. The van der Waals surface area contributed by atoms with E-state index >= 15 is 0 Å². The number of imidazole rings is 1. The van der Waals surface area contributed by atoms with Crippen LogP contribution in [0.5, 0.6) is 0 Å². The van der Waals surface area contributed by atoms with Crippen molar-refractivity contribution in [2.24, 2.45) is 0 Å². The quantitative estimate of drug-likeness (QED) is 0.719. The van der Waals surface area contributed by atoms with Crippen molar-refractivity contribution in [2.45, 2.75) is 38.0 Å². The molecule has 1 aliphatic rings. The molecule has 3 rings (SSSR count). The molecule has 4 heteroatoms. The molecule has 0 aliphatic heterocycles. The Morgan fingerprint density at radius 2 is 2.14 bits per heavy atom. The summed E-state index contributed by atoms with van der Waals surface area (Å²) in [4.78, 5) is 5.65. The van der Waals surface area contributed by atoms with Crippen molar-refractivity contribution < 1.29 is 0 Å². The highest BCUT2D eigenvalue weighted by molar-refractivity contribution is 7.14. The van der Waals surface area contributed by atoms with Crippen LogP contribution < -0.4 is 0 Å². The van der Waals surface area contributed by atoms with Crippen molar-refractivity contribution in [1.29, 1.82) is 0 Å². The van der Waals surface area contributed by atoms with Gasteiger partial charge in [-0.05, 0) is 12.8 Å². The van der Waals surface area contributed by atoms with Crippen LogP contribution in [-0.2, 0) is 0 Å². The third kappa shape index (κ3) is 1.34. The minimum Gasteiger partial charge on any atom is -0.222 e. The van der Waals surface area contributed by atoms with Gasteiger partial charge in [-0.3, -0.25) is 0 Å². The summed E-state index contributed by atoms with van der Waals surface area (Å²) in [6.07, 6.45) is 8.85. The highest BCUT2D eigenvalue weighted by Gasteiger charge is 2.18. The molecule has 3 nitrogen and oxygen atoms in total. The van der Waals surface area contributed by atoms with Gasteiger partial charge in [0.05, 0.1) is 11.9 Å². The molecule has 0 radical (unpaired) electrons. The zero-order valence-corrected chi connectivity index (χ0v) is 8.83. The molecular weight excluding hydrogens is 194 g/mol. The number of fused-ring (bicyclic) bond motifs is 1. The van der Waals surface area contributed by atoms with Gasteiger partial charge in [0.2, 0.25) is 4.96 Å². The second kappa shape index (κ2) is 3.35. The SMILES string of the molecule is c1nn2cc(C3CCCCC3)nc2s1. The molecule has 1 fully saturated rings. The summed E-state index contributed by atoms with van der Waals surface area (Å²) < 4.78 is 1.90. The van der Waals surface area contributed by atoms with Crippen LogP contribution in [0.2, 0.25) is 0 Å². The van der Waals surface area contributed by atoms with Crippen LogP contribution >= 0.6 is 11.3 Å². The van der Waals surface area contributed by atoms with E-state index in [1.54, 1.807) is 11.3 Å². The van der Waals surface area contributed by atoms with Crippen molar-refractivity contribution in [3.8, 4) is 0 Å². The van der Waals surface area contributed by atoms with Crippen LogP contribution in [0, 0.1) is 0 Å². The smallest absolute Gasteiger partial charge is 0.212 e. The van der Waals surface area contributed by atoms with E-state index in [-0.39, 0.29) is 0 Å². The zero-order chi connectivity index (χ0) is 9.38. The van der Waals surface area contributed by atoms with Crippen LogP contribution in [0.25, 0.3) is 4.96 Å². The molecule has 0 saturated heterocycles. The van der Waals surface area contributed by atoms with E-state index < -0.39 is 0 Å². The maximum absolute atomic E-state index is 4.62. The molecule has 0 aromatic carbocycles. The Bertz CT molecular complexity index is 397. The molecule has 0 bridgehead atoms. The fourth-order valence-corrected chi connectivity index (χ4v) is 2.86. The van der Waals surface area contributed by atoms with Gasteiger partial charge in [0.25, 0.3) is 0 Å². The summed E-state index contributed by atoms with van der Waals surface area (Å²) >= 11 is 1.61. The third-order valence-corrected chi connectivity index (χ3v) is 3.72. The lowest BCUT2D eigenvalue weighted by molar-refractivity contribution is 0.438. The van der Waals surface area contributed by atoms with Crippen LogP contribution in [0.15, 0.2) is 11.7 Å². The van der Waals surface area contributed by atoms with E-state index in [1.165, 1.54) is 37.8 Å². The number of rotatable bonds is 1. The van der Waals surface area contributed by atoms with E-state index in [9.17, 15) is 0 Å². The number of nitrogens with zero attached hydrogens (tertiary/aromatic N) is 3. The summed E-state index contributed by atoms with van der Waals surface area (Å²) in [5.41, 5.74) is 3.09. The van der Waals surface area contributed by atoms with Crippen molar-refractivity contribution in [1.82, 2.24) is 14.6 Å². The lowest BCUT2D eigenvalue weighted by Crippen LogP contribution is -2.04. The van der Waals surface area contributed by atoms with Gasteiger partial charge in [-0.1, -0.05) is 30.6 Å². The van der Waals surface area contributed by atoms with Gasteiger partial charge < -0.3 is 0 Å². The van der Waals surface area contributed by atoms with E-state index in [2.05, 4.69) is 16.3 Å². The molecule has 0 unspecified atom stereocenters. The number of aromatic nitrogens is 3. The van der Waals surface area contributed by atoms with Gasteiger partial charge in [0.1, 0.15) is 5.51 Å². The molecule has 0 spiro atoms. The fraction of sp³-hybridized carbons (Fsp3) is 0.600. The second-order valence-corrected chi connectivity index (χ2v) is 4.78. The molecule has 1 aliphatic carbocycles. The minimum atomic E-state index is 0.692. The predicted octanol–water partition coefficient (Wildman–Crippen LogP) is 2.84. The van der Waals surface area contributed by atoms with E-state index in [0.717, 1.165) is 4.96 Å². The Kier molecular flexibility index (Phi) is 2.01. The molecule has 74 valence electrons. The third-order valence-electron chi connectivity index (χ3n) is 3.03. The molecule has 2 aromatic rings. The average molecular weight is 207 g/mol. The van der Waals surface area contributed by atoms with Crippen molar-refractivity contribution in [3.05, 3.63) is 17.4 Å². The zero-order valence-electron chi connectivity index (χ0n) is 8.02. The van der Waals surface area contributed by atoms with Gasteiger partial charge >= 0.3 is 0 Å². The van der Waals surface area contributed by atoms with Crippen LogP contribution in [0.1, 0.15) is 43.7 Å². The molecule has 2 aromatic heterocycles. The van der Waals surface area contributed by atoms with Crippen molar-refractivity contribution in [3.63, 3.8) is 0 Å². The van der Waals surface area contributed by atoms with Gasteiger partial charge in [-0.25, -0.2) is 9.50 Å². The Hall–Kier alpha value is -0.900. The van der Waals surface area contributed by atoms with E-state index in [1.807, 2.05) is 10.0 Å². The summed E-state index contributed by atoms with van der Waals surface area (Å²) in [6.45, 7) is 0. The summed E-state index contributed by atoms with van der Waals surface area (Å²) in [6, 6.07) is 0. The molecule has 1 saturated carbocycles. The maximum atomic E-state index is 4.62. The second-order valence-electron chi connectivity index (χ2n) is 3.97. The topological polar surface area (TPSA) is 30.2 Å². The summed E-state index contributed by atoms with van der Waals surface area (Å²) in [7, 11) is 0. The van der Waals surface area contributed by atoms with Crippen molar-refractivity contribution in [2.75, 3.05) is 0 Å². The molecule has 2 heterocycles. The minimum absolute atomic E-state index is 0.692. The van der Waals surface area contributed by atoms with Crippen LogP contribution in [-0.4, -0.2) is 14.6 Å². The first kappa shape index (κ1) is 8.41. The maximum Gasteiger partial charge on any atom is 0.212 e. The Morgan fingerprint density at radius 3 is 2.93 bits per heavy atom. The molecule has 0 atom stereocenters. The van der Waals surface area contributed by atoms with Gasteiger partial charge in [0.15, 0.2) is 0 Å². The number of hydrogen-bond acceptors (Lipinski definition) is 3.